The summed E-state index contributed by atoms with van der Waals surface area (Å²) in [6.07, 6.45) is 3.59. The molecule has 0 aliphatic carbocycles. The predicted octanol–water partition coefficient (Wildman–Crippen LogP) is 3.67. The van der Waals surface area contributed by atoms with Gasteiger partial charge in [-0.1, -0.05) is 6.07 Å². The normalized spacial score (nSPS) is 10.8. The summed E-state index contributed by atoms with van der Waals surface area (Å²) in [7, 11) is 1.62. The molecule has 140 valence electrons. The summed E-state index contributed by atoms with van der Waals surface area (Å²) in [6.45, 7) is 2.43. The van der Waals surface area contributed by atoms with Gasteiger partial charge in [0.15, 0.2) is 0 Å². The molecule has 6 heteroatoms. The minimum atomic E-state index is -0.122. The van der Waals surface area contributed by atoms with Gasteiger partial charge in [0.25, 0.3) is 5.91 Å². The highest BCUT2D eigenvalue weighted by molar-refractivity contribution is 5.97. The van der Waals surface area contributed by atoms with E-state index in [4.69, 9.17) is 4.74 Å². The van der Waals surface area contributed by atoms with E-state index >= 15 is 0 Å². The lowest BCUT2D eigenvalue weighted by Gasteiger charge is -2.09. The van der Waals surface area contributed by atoms with E-state index in [1.807, 2.05) is 66.2 Å². The number of aromatic nitrogens is 3. The molecule has 2 aromatic carbocycles. The van der Waals surface area contributed by atoms with Crippen LogP contribution in [0.2, 0.25) is 0 Å². The lowest BCUT2D eigenvalue weighted by Crippen LogP contribution is -2.17. The monoisotopic (exact) mass is 372 g/mol. The largest absolute Gasteiger partial charge is 0.487 e. The third-order valence-corrected chi connectivity index (χ3v) is 4.51. The molecular formula is C22H20N4O2. The van der Waals surface area contributed by atoms with Crippen LogP contribution in [0.3, 0.4) is 0 Å². The average molecular weight is 372 g/mol. The molecule has 2 aromatic heterocycles. The van der Waals surface area contributed by atoms with Crippen LogP contribution in [0.25, 0.3) is 16.7 Å². The van der Waals surface area contributed by atoms with E-state index in [0.717, 1.165) is 33.7 Å². The van der Waals surface area contributed by atoms with Crippen LogP contribution >= 0.6 is 0 Å². The first-order valence-corrected chi connectivity index (χ1v) is 8.98. The second-order valence-corrected chi connectivity index (χ2v) is 6.51. The Hall–Kier alpha value is -3.67. The van der Waals surface area contributed by atoms with Gasteiger partial charge >= 0.3 is 0 Å². The van der Waals surface area contributed by atoms with E-state index in [-0.39, 0.29) is 5.91 Å². The summed E-state index contributed by atoms with van der Waals surface area (Å²) in [6, 6.07) is 17.2. The Bertz CT molecular complexity index is 1120. The van der Waals surface area contributed by atoms with Crippen LogP contribution < -0.4 is 10.1 Å². The molecule has 0 spiro atoms. The van der Waals surface area contributed by atoms with Crippen molar-refractivity contribution >= 4 is 16.9 Å². The third-order valence-electron chi connectivity index (χ3n) is 4.51. The van der Waals surface area contributed by atoms with Gasteiger partial charge in [0.1, 0.15) is 18.7 Å². The van der Waals surface area contributed by atoms with Gasteiger partial charge in [-0.15, -0.1) is 0 Å². The fourth-order valence-corrected chi connectivity index (χ4v) is 2.94. The molecule has 0 aliphatic heterocycles. The standard InChI is InChI=1S/C22H20N4O2/c1-15-3-5-17(24-12-15)13-28-19-8-6-18(7-9-19)26-14-25-20-10-4-16(11-21(20)26)22(27)23-2/h3-12,14H,13H2,1-2H3,(H,23,27). The number of aryl methyl sites for hydroxylation is 1. The van der Waals surface area contributed by atoms with Gasteiger partial charge in [-0.25, -0.2) is 4.98 Å². The quantitative estimate of drug-likeness (QED) is 0.580. The first-order chi connectivity index (χ1) is 13.6. The van der Waals surface area contributed by atoms with Gasteiger partial charge in [0.2, 0.25) is 0 Å². The number of hydrogen-bond donors (Lipinski definition) is 1. The molecule has 1 N–H and O–H groups in total. The van der Waals surface area contributed by atoms with Crippen molar-refractivity contribution in [2.24, 2.45) is 0 Å². The third kappa shape index (κ3) is 3.57. The van der Waals surface area contributed by atoms with Crippen molar-refractivity contribution in [2.75, 3.05) is 7.05 Å². The van der Waals surface area contributed by atoms with Crippen molar-refractivity contribution in [2.45, 2.75) is 13.5 Å². The highest BCUT2D eigenvalue weighted by Gasteiger charge is 2.09. The number of benzene rings is 2. The Kier molecular flexibility index (Phi) is 4.76. The number of hydrogen-bond acceptors (Lipinski definition) is 4. The van der Waals surface area contributed by atoms with Crippen molar-refractivity contribution < 1.29 is 9.53 Å². The Balaban J connectivity index is 1.55. The van der Waals surface area contributed by atoms with Crippen molar-refractivity contribution in [3.63, 3.8) is 0 Å². The van der Waals surface area contributed by atoms with E-state index in [1.54, 1.807) is 19.4 Å². The maximum Gasteiger partial charge on any atom is 0.251 e. The second-order valence-electron chi connectivity index (χ2n) is 6.51. The van der Waals surface area contributed by atoms with Gasteiger partial charge in [-0.2, -0.15) is 0 Å². The number of carbonyl (C=O) groups is 1. The van der Waals surface area contributed by atoms with Gasteiger partial charge in [-0.3, -0.25) is 14.3 Å². The molecule has 1 amide bonds. The van der Waals surface area contributed by atoms with Gasteiger partial charge < -0.3 is 10.1 Å². The number of rotatable bonds is 5. The van der Waals surface area contributed by atoms with Crippen LogP contribution in [0.1, 0.15) is 21.6 Å². The summed E-state index contributed by atoms with van der Waals surface area (Å²) in [5.41, 5.74) is 5.26. The average Bonchev–Trinajstić information content (AvgIpc) is 3.16. The zero-order valence-electron chi connectivity index (χ0n) is 15.7. The molecule has 0 atom stereocenters. The second kappa shape index (κ2) is 7.52. The maximum absolute atomic E-state index is 11.9. The highest BCUT2D eigenvalue weighted by atomic mass is 16.5. The molecule has 6 nitrogen and oxygen atoms in total. The summed E-state index contributed by atoms with van der Waals surface area (Å²) in [5.74, 6) is 0.643. The Labute approximate surface area is 162 Å². The van der Waals surface area contributed by atoms with Crippen LogP contribution in [0, 0.1) is 6.92 Å². The van der Waals surface area contributed by atoms with Crippen LogP contribution in [0.5, 0.6) is 5.75 Å². The number of amides is 1. The molecule has 0 saturated heterocycles. The van der Waals surface area contributed by atoms with Crippen LogP contribution in [0.15, 0.2) is 67.1 Å². The van der Waals surface area contributed by atoms with Crippen LogP contribution in [-0.2, 0) is 6.61 Å². The van der Waals surface area contributed by atoms with Crippen LogP contribution in [0.4, 0.5) is 0 Å². The topological polar surface area (TPSA) is 69.0 Å². The van der Waals surface area contributed by atoms with Gasteiger partial charge in [-0.05, 0) is 61.0 Å². The van der Waals surface area contributed by atoms with E-state index in [9.17, 15) is 4.79 Å². The number of imidazole rings is 1. The molecule has 0 fully saturated rings. The van der Waals surface area contributed by atoms with E-state index in [2.05, 4.69) is 15.3 Å². The van der Waals surface area contributed by atoms with Crippen molar-refractivity contribution in [1.82, 2.24) is 19.9 Å². The summed E-state index contributed by atoms with van der Waals surface area (Å²) in [4.78, 5) is 20.7. The minimum absolute atomic E-state index is 0.122. The lowest BCUT2D eigenvalue weighted by molar-refractivity contribution is 0.0963. The fourth-order valence-electron chi connectivity index (χ4n) is 2.94. The number of pyridine rings is 1. The van der Waals surface area contributed by atoms with Gasteiger partial charge in [0.05, 0.1) is 16.7 Å². The van der Waals surface area contributed by atoms with E-state index < -0.39 is 0 Å². The molecule has 28 heavy (non-hydrogen) atoms. The summed E-state index contributed by atoms with van der Waals surface area (Å²) >= 11 is 0. The zero-order valence-corrected chi connectivity index (χ0v) is 15.7. The van der Waals surface area contributed by atoms with E-state index in [1.165, 1.54) is 0 Å². The first kappa shape index (κ1) is 17.7. The van der Waals surface area contributed by atoms with Gasteiger partial charge in [0, 0.05) is 24.5 Å². The number of nitrogens with zero attached hydrogens (tertiary/aromatic N) is 3. The number of carbonyl (C=O) groups excluding carboxylic acids is 1. The lowest BCUT2D eigenvalue weighted by atomic mass is 10.2. The molecule has 4 aromatic rings. The van der Waals surface area contributed by atoms with Crippen molar-refractivity contribution in [3.05, 3.63) is 83.9 Å². The Morgan fingerprint density at radius 2 is 1.89 bits per heavy atom. The van der Waals surface area contributed by atoms with E-state index in [0.29, 0.717) is 12.2 Å². The molecule has 0 saturated carbocycles. The number of fused-ring (bicyclic) bond motifs is 1. The molecule has 0 bridgehead atoms. The zero-order chi connectivity index (χ0) is 19.5. The fraction of sp³-hybridized carbons (Fsp3) is 0.136. The Morgan fingerprint density at radius 3 is 2.61 bits per heavy atom. The molecular weight excluding hydrogens is 352 g/mol. The summed E-state index contributed by atoms with van der Waals surface area (Å²) < 4.78 is 7.77. The Morgan fingerprint density at radius 1 is 1.07 bits per heavy atom. The molecule has 0 aliphatic rings. The molecule has 0 radical (unpaired) electrons. The molecule has 2 heterocycles. The molecule has 4 rings (SSSR count). The first-order valence-electron chi connectivity index (χ1n) is 8.98. The number of ether oxygens (including phenoxy) is 1. The van der Waals surface area contributed by atoms with Crippen LogP contribution in [-0.4, -0.2) is 27.5 Å². The smallest absolute Gasteiger partial charge is 0.251 e. The molecule has 0 unspecified atom stereocenters. The van der Waals surface area contributed by atoms with Crippen molar-refractivity contribution in [1.29, 1.82) is 0 Å². The van der Waals surface area contributed by atoms with Crippen molar-refractivity contribution in [3.8, 4) is 11.4 Å². The minimum Gasteiger partial charge on any atom is -0.487 e. The number of nitrogens with one attached hydrogen (secondary N) is 1. The highest BCUT2D eigenvalue weighted by Crippen LogP contribution is 2.22. The predicted molar refractivity (Wildman–Crippen MR) is 108 cm³/mol. The SMILES string of the molecule is CNC(=O)c1ccc2ncn(-c3ccc(OCc4ccc(C)cn4)cc3)c2c1. The summed E-state index contributed by atoms with van der Waals surface area (Å²) in [5, 5.41) is 2.65. The maximum atomic E-state index is 11.9.